The molecular formula is C19H18N2O3. The Labute approximate surface area is 140 Å². The molecule has 0 aliphatic carbocycles. The molecule has 0 radical (unpaired) electrons. The Hall–Kier alpha value is -3.08. The fourth-order valence-corrected chi connectivity index (χ4v) is 2.27. The first-order chi connectivity index (χ1) is 11.7. The molecular weight excluding hydrogens is 304 g/mol. The zero-order valence-electron chi connectivity index (χ0n) is 13.4. The Balaban J connectivity index is 1.46. The maximum absolute atomic E-state index is 11.6. The normalized spacial score (nSPS) is 11.0. The van der Waals surface area contributed by atoms with Gasteiger partial charge in [-0.2, -0.15) is 0 Å². The summed E-state index contributed by atoms with van der Waals surface area (Å²) in [7, 11) is 0. The van der Waals surface area contributed by atoms with Gasteiger partial charge in [-0.05, 0) is 23.3 Å². The molecule has 0 bridgehead atoms. The van der Waals surface area contributed by atoms with Crippen LogP contribution in [-0.4, -0.2) is 17.6 Å². The van der Waals surface area contributed by atoms with E-state index < -0.39 is 6.09 Å². The number of rotatable bonds is 5. The van der Waals surface area contributed by atoms with Gasteiger partial charge >= 0.3 is 6.09 Å². The van der Waals surface area contributed by atoms with E-state index in [0.29, 0.717) is 12.4 Å². The monoisotopic (exact) mass is 322 g/mol. The van der Waals surface area contributed by atoms with Crippen molar-refractivity contribution >= 4 is 23.3 Å². The summed E-state index contributed by atoms with van der Waals surface area (Å²) in [5.74, 6) is 0.647. The fourth-order valence-electron chi connectivity index (χ4n) is 2.27. The molecule has 1 N–H and O–H groups in total. The van der Waals surface area contributed by atoms with Gasteiger partial charge < -0.3 is 14.5 Å². The van der Waals surface area contributed by atoms with Gasteiger partial charge in [0.2, 0.25) is 0 Å². The molecule has 0 aliphatic rings. The third kappa shape index (κ3) is 4.23. The molecule has 1 amide bonds. The van der Waals surface area contributed by atoms with Gasteiger partial charge in [-0.25, -0.2) is 9.78 Å². The van der Waals surface area contributed by atoms with Crippen molar-refractivity contribution in [3.8, 4) is 0 Å². The molecule has 3 aromatic rings. The number of oxazole rings is 1. The zero-order valence-corrected chi connectivity index (χ0v) is 13.4. The van der Waals surface area contributed by atoms with Gasteiger partial charge in [-0.3, -0.25) is 0 Å². The lowest BCUT2D eigenvalue weighted by atomic mass is 10.2. The highest BCUT2D eigenvalue weighted by molar-refractivity contribution is 5.76. The summed E-state index contributed by atoms with van der Waals surface area (Å²) in [5.41, 5.74) is 3.54. The zero-order chi connectivity index (χ0) is 16.8. The minimum absolute atomic E-state index is 0.262. The Morgan fingerprint density at radius 1 is 1.25 bits per heavy atom. The van der Waals surface area contributed by atoms with Crippen molar-refractivity contribution in [2.75, 3.05) is 6.54 Å². The lowest BCUT2D eigenvalue weighted by molar-refractivity contribution is 0.141. The number of ether oxygens (including phenoxy) is 1. The average Bonchev–Trinajstić information content (AvgIpc) is 2.97. The summed E-state index contributed by atoms with van der Waals surface area (Å²) in [6, 6.07) is 15.3. The number of alkyl carbamates (subject to hydrolysis) is 1. The maximum atomic E-state index is 11.6. The van der Waals surface area contributed by atoms with Gasteiger partial charge in [0.1, 0.15) is 12.1 Å². The number of amides is 1. The quantitative estimate of drug-likeness (QED) is 0.769. The summed E-state index contributed by atoms with van der Waals surface area (Å²) in [6.07, 6.45) is 3.33. The Kier molecular flexibility index (Phi) is 4.91. The minimum Gasteiger partial charge on any atom is -0.445 e. The molecule has 3 rings (SSSR count). The van der Waals surface area contributed by atoms with Crippen LogP contribution >= 0.6 is 0 Å². The molecule has 1 heterocycles. The second-order valence-corrected chi connectivity index (χ2v) is 5.31. The van der Waals surface area contributed by atoms with Crippen LogP contribution in [0.2, 0.25) is 0 Å². The third-order valence-electron chi connectivity index (χ3n) is 3.41. The van der Waals surface area contributed by atoms with Crippen molar-refractivity contribution < 1.29 is 13.9 Å². The SMILES string of the molecule is Cc1nc2ccc(C=CCNC(=O)OCc3ccccc3)cc2o1. The van der Waals surface area contributed by atoms with Gasteiger partial charge in [0.25, 0.3) is 0 Å². The largest absolute Gasteiger partial charge is 0.445 e. The molecule has 0 atom stereocenters. The van der Waals surface area contributed by atoms with Crippen molar-refractivity contribution in [3.63, 3.8) is 0 Å². The fraction of sp³-hybridized carbons (Fsp3) is 0.158. The standard InChI is InChI=1S/C19H18N2O3/c1-14-21-17-10-9-15(12-18(17)24-14)8-5-11-20-19(22)23-13-16-6-3-2-4-7-16/h2-10,12H,11,13H2,1H3,(H,20,22). The van der Waals surface area contributed by atoms with E-state index in [0.717, 1.165) is 22.2 Å². The van der Waals surface area contributed by atoms with E-state index in [1.165, 1.54) is 0 Å². The van der Waals surface area contributed by atoms with Gasteiger partial charge in [-0.15, -0.1) is 0 Å². The summed E-state index contributed by atoms with van der Waals surface area (Å²) in [6.45, 7) is 2.47. The summed E-state index contributed by atoms with van der Waals surface area (Å²) < 4.78 is 10.6. The van der Waals surface area contributed by atoms with Gasteiger partial charge in [0.15, 0.2) is 11.5 Å². The highest BCUT2D eigenvalue weighted by Gasteiger charge is 2.02. The number of aromatic nitrogens is 1. The Morgan fingerprint density at radius 2 is 2.08 bits per heavy atom. The van der Waals surface area contributed by atoms with E-state index in [1.54, 1.807) is 0 Å². The van der Waals surface area contributed by atoms with Crippen LogP contribution in [0.1, 0.15) is 17.0 Å². The van der Waals surface area contributed by atoms with Crippen LogP contribution in [0.3, 0.4) is 0 Å². The van der Waals surface area contributed by atoms with Crippen molar-refractivity contribution in [1.29, 1.82) is 0 Å². The molecule has 122 valence electrons. The van der Waals surface area contributed by atoms with Crippen LogP contribution in [-0.2, 0) is 11.3 Å². The first kappa shape index (κ1) is 15.8. The molecule has 0 aliphatic heterocycles. The molecule has 2 aromatic carbocycles. The van der Waals surface area contributed by atoms with Crippen molar-refractivity contribution in [3.05, 3.63) is 71.6 Å². The third-order valence-corrected chi connectivity index (χ3v) is 3.41. The first-order valence-electron chi connectivity index (χ1n) is 7.69. The molecule has 5 heteroatoms. The van der Waals surface area contributed by atoms with E-state index in [1.807, 2.05) is 67.6 Å². The minimum atomic E-state index is -0.440. The van der Waals surface area contributed by atoms with E-state index in [2.05, 4.69) is 10.3 Å². The van der Waals surface area contributed by atoms with Crippen LogP contribution in [0, 0.1) is 6.92 Å². The number of aryl methyl sites for hydroxylation is 1. The van der Waals surface area contributed by atoms with Gasteiger partial charge in [0, 0.05) is 13.5 Å². The predicted octanol–water partition coefficient (Wildman–Crippen LogP) is 4.08. The lowest BCUT2D eigenvalue weighted by Crippen LogP contribution is -2.24. The van der Waals surface area contributed by atoms with Gasteiger partial charge in [0.05, 0.1) is 0 Å². The number of fused-ring (bicyclic) bond motifs is 1. The first-order valence-corrected chi connectivity index (χ1v) is 7.69. The van der Waals surface area contributed by atoms with E-state index >= 15 is 0 Å². The number of hydrogen-bond acceptors (Lipinski definition) is 4. The molecule has 5 nitrogen and oxygen atoms in total. The van der Waals surface area contributed by atoms with E-state index in [4.69, 9.17) is 9.15 Å². The van der Waals surface area contributed by atoms with Gasteiger partial charge in [-0.1, -0.05) is 48.6 Å². The molecule has 0 unspecified atom stereocenters. The van der Waals surface area contributed by atoms with Crippen LogP contribution in [0.4, 0.5) is 4.79 Å². The highest BCUT2D eigenvalue weighted by Crippen LogP contribution is 2.17. The number of benzene rings is 2. The smallest absolute Gasteiger partial charge is 0.407 e. The van der Waals surface area contributed by atoms with Crippen LogP contribution in [0.5, 0.6) is 0 Å². The number of nitrogens with one attached hydrogen (secondary N) is 1. The molecule has 0 saturated carbocycles. The number of carbonyl (C=O) groups is 1. The van der Waals surface area contributed by atoms with Crippen molar-refractivity contribution in [1.82, 2.24) is 10.3 Å². The highest BCUT2D eigenvalue weighted by atomic mass is 16.5. The topological polar surface area (TPSA) is 64.4 Å². The van der Waals surface area contributed by atoms with Crippen molar-refractivity contribution in [2.45, 2.75) is 13.5 Å². The molecule has 24 heavy (non-hydrogen) atoms. The molecule has 0 fully saturated rings. The molecule has 0 spiro atoms. The average molecular weight is 322 g/mol. The number of carbonyl (C=O) groups excluding carboxylic acids is 1. The predicted molar refractivity (Wildman–Crippen MR) is 92.4 cm³/mol. The Bertz CT molecular complexity index is 853. The number of nitrogens with zero attached hydrogens (tertiary/aromatic N) is 1. The Morgan fingerprint density at radius 3 is 2.92 bits per heavy atom. The molecule has 1 aromatic heterocycles. The van der Waals surface area contributed by atoms with E-state index in [-0.39, 0.29) is 6.61 Å². The van der Waals surface area contributed by atoms with Crippen LogP contribution in [0.25, 0.3) is 17.2 Å². The summed E-state index contributed by atoms with van der Waals surface area (Å²) in [4.78, 5) is 15.9. The summed E-state index contributed by atoms with van der Waals surface area (Å²) >= 11 is 0. The van der Waals surface area contributed by atoms with E-state index in [9.17, 15) is 4.79 Å². The van der Waals surface area contributed by atoms with Crippen LogP contribution in [0.15, 0.2) is 59.0 Å². The molecule has 0 saturated heterocycles. The number of hydrogen-bond donors (Lipinski definition) is 1. The lowest BCUT2D eigenvalue weighted by Gasteiger charge is -2.05. The second kappa shape index (κ2) is 7.46. The van der Waals surface area contributed by atoms with Crippen molar-refractivity contribution in [2.24, 2.45) is 0 Å². The second-order valence-electron chi connectivity index (χ2n) is 5.31. The summed E-state index contributed by atoms with van der Waals surface area (Å²) in [5, 5.41) is 2.68. The maximum Gasteiger partial charge on any atom is 0.407 e. The van der Waals surface area contributed by atoms with Crippen LogP contribution < -0.4 is 5.32 Å².